The Morgan fingerprint density at radius 1 is 1.73 bits per heavy atom. The van der Waals surface area contributed by atoms with Crippen molar-refractivity contribution in [1.82, 2.24) is 0 Å². The summed E-state index contributed by atoms with van der Waals surface area (Å²) in [6.45, 7) is 2.00. The van der Waals surface area contributed by atoms with Crippen molar-refractivity contribution in [2.45, 2.75) is 6.92 Å². The normalized spacial score (nSPS) is 20.9. The average molecular weight is 240 g/mol. The predicted molar refractivity (Wildman–Crippen MR) is 45.0 cm³/mol. The third kappa shape index (κ3) is 1.81. The molecule has 0 aromatic heterocycles. The van der Waals surface area contributed by atoms with E-state index >= 15 is 0 Å². The van der Waals surface area contributed by atoms with Crippen LogP contribution in [0.3, 0.4) is 0 Å². The van der Waals surface area contributed by atoms with Gasteiger partial charge in [0.05, 0.1) is 12.0 Å². The maximum absolute atomic E-state index is 11.0. The molecule has 0 atom stereocenters. The molecule has 0 radical (unpaired) electrons. The summed E-state index contributed by atoms with van der Waals surface area (Å²) in [4.78, 5) is 3.62. The Bertz CT molecular complexity index is 317. The Labute approximate surface area is 73.0 Å². The second-order valence-electron chi connectivity index (χ2n) is 1.80. The SMILES string of the molecule is CCOC1=NC(Br)=CS1(=O)=O. The largest absolute Gasteiger partial charge is 0.469 e. The first-order valence-corrected chi connectivity index (χ1v) is 5.24. The van der Waals surface area contributed by atoms with Gasteiger partial charge in [-0.25, -0.2) is 8.42 Å². The fourth-order valence-electron chi connectivity index (χ4n) is 0.593. The molecule has 1 aliphatic rings. The van der Waals surface area contributed by atoms with Crippen LogP contribution in [-0.4, -0.2) is 20.3 Å². The smallest absolute Gasteiger partial charge is 0.315 e. The summed E-state index contributed by atoms with van der Waals surface area (Å²) in [7, 11) is -3.38. The Balaban J connectivity index is 2.95. The summed E-state index contributed by atoms with van der Waals surface area (Å²) in [6.07, 6.45) is 0. The van der Waals surface area contributed by atoms with E-state index in [2.05, 4.69) is 20.9 Å². The van der Waals surface area contributed by atoms with Gasteiger partial charge in [0.2, 0.25) is 0 Å². The Morgan fingerprint density at radius 2 is 2.36 bits per heavy atom. The standard InChI is InChI=1S/C5H6BrNO3S/c1-2-10-5-7-4(6)3-11(5,8)9/h3H,2H2,1H3. The van der Waals surface area contributed by atoms with E-state index in [1.54, 1.807) is 6.92 Å². The Kier molecular flexibility index (Phi) is 2.34. The maximum Gasteiger partial charge on any atom is 0.315 e. The molecule has 0 saturated heterocycles. The number of hydrogen-bond donors (Lipinski definition) is 0. The van der Waals surface area contributed by atoms with Crippen molar-refractivity contribution in [2.24, 2.45) is 4.99 Å². The lowest BCUT2D eigenvalue weighted by Crippen LogP contribution is -2.12. The average Bonchev–Trinajstić information content (AvgIpc) is 2.07. The molecule has 0 unspecified atom stereocenters. The molecule has 0 fully saturated rings. The summed E-state index contributed by atoms with van der Waals surface area (Å²) in [5.74, 6) is 0. The highest BCUT2D eigenvalue weighted by Crippen LogP contribution is 2.19. The van der Waals surface area contributed by atoms with Crippen molar-refractivity contribution in [3.05, 3.63) is 10.0 Å². The number of nitrogens with zero attached hydrogens (tertiary/aromatic N) is 1. The summed E-state index contributed by atoms with van der Waals surface area (Å²) < 4.78 is 27.0. The molecule has 0 amide bonds. The lowest BCUT2D eigenvalue weighted by Gasteiger charge is -1.98. The molecule has 0 N–H and O–H groups in total. The van der Waals surface area contributed by atoms with Crippen molar-refractivity contribution in [3.63, 3.8) is 0 Å². The first-order chi connectivity index (χ1) is 5.06. The number of halogens is 1. The van der Waals surface area contributed by atoms with Gasteiger partial charge in [0.25, 0.3) is 9.84 Å². The van der Waals surface area contributed by atoms with E-state index < -0.39 is 9.84 Å². The number of sulfone groups is 1. The van der Waals surface area contributed by atoms with Crippen LogP contribution in [-0.2, 0) is 14.6 Å². The second kappa shape index (κ2) is 2.94. The highest BCUT2D eigenvalue weighted by molar-refractivity contribution is 9.11. The molecule has 0 bridgehead atoms. The van der Waals surface area contributed by atoms with Crippen LogP contribution in [0.15, 0.2) is 15.0 Å². The zero-order valence-corrected chi connectivity index (χ0v) is 8.15. The molecule has 4 nitrogen and oxygen atoms in total. The molecule has 62 valence electrons. The van der Waals surface area contributed by atoms with Crippen LogP contribution >= 0.6 is 15.9 Å². The van der Waals surface area contributed by atoms with Gasteiger partial charge in [0.1, 0.15) is 4.61 Å². The summed E-state index contributed by atoms with van der Waals surface area (Å²) in [5, 5.41) is 0.782. The van der Waals surface area contributed by atoms with E-state index in [1.165, 1.54) is 0 Å². The number of aliphatic imine (C=N–C) groups is 1. The molecule has 1 heterocycles. The Morgan fingerprint density at radius 3 is 2.73 bits per heavy atom. The zero-order chi connectivity index (χ0) is 8.48. The first-order valence-electron chi connectivity index (χ1n) is 2.90. The third-order valence-corrected chi connectivity index (χ3v) is 2.90. The lowest BCUT2D eigenvalue weighted by atomic mass is 10.9. The number of ether oxygens (including phenoxy) is 1. The fraction of sp³-hybridized carbons (Fsp3) is 0.400. The van der Waals surface area contributed by atoms with Gasteiger partial charge in [-0.05, 0) is 22.9 Å². The molecule has 6 heteroatoms. The molecule has 0 aromatic rings. The van der Waals surface area contributed by atoms with Crippen LogP contribution in [0, 0.1) is 0 Å². The Hall–Kier alpha value is -0.360. The van der Waals surface area contributed by atoms with Crippen molar-refractivity contribution >= 4 is 31.0 Å². The van der Waals surface area contributed by atoms with E-state index in [9.17, 15) is 8.42 Å². The molecule has 0 saturated carbocycles. The van der Waals surface area contributed by atoms with Crippen molar-refractivity contribution < 1.29 is 13.2 Å². The number of rotatable bonds is 1. The van der Waals surface area contributed by atoms with Gasteiger partial charge in [0.15, 0.2) is 0 Å². The highest BCUT2D eigenvalue weighted by atomic mass is 79.9. The lowest BCUT2D eigenvalue weighted by molar-refractivity contribution is 0.335. The molecule has 1 rings (SSSR count). The van der Waals surface area contributed by atoms with Crippen LogP contribution in [0.1, 0.15) is 6.92 Å². The van der Waals surface area contributed by atoms with Crippen LogP contribution in [0.2, 0.25) is 0 Å². The van der Waals surface area contributed by atoms with E-state index in [0.717, 1.165) is 5.41 Å². The van der Waals surface area contributed by atoms with Gasteiger partial charge in [-0.1, -0.05) is 0 Å². The summed E-state index contributed by atoms with van der Waals surface area (Å²) >= 11 is 2.94. The molecule has 11 heavy (non-hydrogen) atoms. The fourth-order valence-corrected chi connectivity index (χ4v) is 2.53. The summed E-state index contributed by atoms with van der Waals surface area (Å²) in [5.41, 5.74) is 0. The first kappa shape index (κ1) is 8.73. The van der Waals surface area contributed by atoms with Gasteiger partial charge in [-0.3, -0.25) is 0 Å². The third-order valence-electron chi connectivity index (χ3n) is 0.962. The molecule has 0 aromatic carbocycles. The van der Waals surface area contributed by atoms with Gasteiger partial charge in [-0.15, -0.1) is 0 Å². The minimum Gasteiger partial charge on any atom is -0.469 e. The predicted octanol–water partition coefficient (Wildman–Crippen LogP) is 1.00. The quantitative estimate of drug-likeness (QED) is 0.642. The molecule has 0 aliphatic carbocycles. The summed E-state index contributed by atoms with van der Waals surface area (Å²) in [6, 6.07) is 0. The maximum atomic E-state index is 11.0. The molecular formula is C5H6BrNO3S. The minimum atomic E-state index is -3.38. The second-order valence-corrected chi connectivity index (χ2v) is 4.28. The molecule has 0 spiro atoms. The van der Waals surface area contributed by atoms with Gasteiger partial charge in [-0.2, -0.15) is 4.99 Å². The van der Waals surface area contributed by atoms with Gasteiger partial charge >= 0.3 is 5.23 Å². The van der Waals surface area contributed by atoms with Gasteiger partial charge < -0.3 is 4.74 Å². The van der Waals surface area contributed by atoms with Crippen LogP contribution in [0.4, 0.5) is 0 Å². The highest BCUT2D eigenvalue weighted by Gasteiger charge is 2.25. The zero-order valence-electron chi connectivity index (χ0n) is 5.74. The number of hydrogen-bond acceptors (Lipinski definition) is 4. The van der Waals surface area contributed by atoms with Crippen molar-refractivity contribution in [3.8, 4) is 0 Å². The van der Waals surface area contributed by atoms with Crippen LogP contribution < -0.4 is 0 Å². The minimum absolute atomic E-state index is 0.230. The van der Waals surface area contributed by atoms with E-state index in [-0.39, 0.29) is 9.84 Å². The van der Waals surface area contributed by atoms with E-state index in [4.69, 9.17) is 4.74 Å². The monoisotopic (exact) mass is 239 g/mol. The van der Waals surface area contributed by atoms with Crippen LogP contribution in [0.5, 0.6) is 0 Å². The van der Waals surface area contributed by atoms with Crippen molar-refractivity contribution in [1.29, 1.82) is 0 Å². The van der Waals surface area contributed by atoms with Crippen molar-refractivity contribution in [2.75, 3.05) is 6.61 Å². The van der Waals surface area contributed by atoms with E-state index in [1.807, 2.05) is 0 Å². The van der Waals surface area contributed by atoms with Crippen LogP contribution in [0.25, 0.3) is 0 Å². The molecule has 1 aliphatic heterocycles. The van der Waals surface area contributed by atoms with Gasteiger partial charge in [0, 0.05) is 0 Å². The van der Waals surface area contributed by atoms with E-state index in [0.29, 0.717) is 6.61 Å². The topological polar surface area (TPSA) is 55.7 Å². The molecular weight excluding hydrogens is 234 g/mol.